The van der Waals surface area contributed by atoms with E-state index in [9.17, 15) is 4.79 Å². The second-order valence-electron chi connectivity index (χ2n) is 5.98. The number of anilines is 2. The fraction of sp³-hybridized carbons (Fsp3) is 0.0500. The van der Waals surface area contributed by atoms with Crippen LogP contribution >= 0.6 is 0 Å². The summed E-state index contributed by atoms with van der Waals surface area (Å²) < 4.78 is 0. The first-order valence-electron chi connectivity index (χ1n) is 8.13. The van der Waals surface area contributed by atoms with Crippen LogP contribution in [0.2, 0.25) is 0 Å². The van der Waals surface area contributed by atoms with E-state index in [1.807, 2.05) is 43.3 Å². The van der Waals surface area contributed by atoms with Gasteiger partial charge < -0.3 is 15.4 Å². The molecule has 2 heterocycles. The van der Waals surface area contributed by atoms with Gasteiger partial charge in [0.15, 0.2) is 5.82 Å². The SMILES string of the molecule is Cc1cc2c(Nc3ccc(C(=O)O)cc3)nc(-c3ccccc3)nc2[nH]1. The van der Waals surface area contributed by atoms with Crippen LogP contribution in [0.4, 0.5) is 11.5 Å². The molecule has 0 aliphatic carbocycles. The molecule has 0 radical (unpaired) electrons. The summed E-state index contributed by atoms with van der Waals surface area (Å²) >= 11 is 0. The molecule has 0 fully saturated rings. The Morgan fingerprint density at radius 2 is 1.77 bits per heavy atom. The number of aryl methyl sites for hydroxylation is 1. The molecule has 0 bridgehead atoms. The number of nitrogens with zero attached hydrogens (tertiary/aromatic N) is 2. The molecule has 3 N–H and O–H groups in total. The van der Waals surface area contributed by atoms with Gasteiger partial charge in [0.1, 0.15) is 11.5 Å². The van der Waals surface area contributed by atoms with E-state index in [1.54, 1.807) is 24.3 Å². The van der Waals surface area contributed by atoms with Gasteiger partial charge in [0, 0.05) is 16.9 Å². The van der Waals surface area contributed by atoms with Crippen LogP contribution in [-0.4, -0.2) is 26.0 Å². The number of aromatic nitrogens is 3. The Labute approximate surface area is 149 Å². The molecule has 6 nitrogen and oxygen atoms in total. The maximum atomic E-state index is 11.0. The first kappa shape index (κ1) is 15.8. The number of rotatable bonds is 4. The minimum atomic E-state index is -0.950. The average Bonchev–Trinajstić information content (AvgIpc) is 3.03. The Balaban J connectivity index is 1.78. The van der Waals surface area contributed by atoms with E-state index in [0.29, 0.717) is 11.6 Å². The van der Waals surface area contributed by atoms with E-state index < -0.39 is 5.97 Å². The third-order valence-corrected chi connectivity index (χ3v) is 4.05. The van der Waals surface area contributed by atoms with Gasteiger partial charge in [0.25, 0.3) is 0 Å². The summed E-state index contributed by atoms with van der Waals surface area (Å²) in [6, 6.07) is 18.3. The van der Waals surface area contributed by atoms with Crippen molar-refractivity contribution >= 4 is 28.5 Å². The number of fused-ring (bicyclic) bond motifs is 1. The van der Waals surface area contributed by atoms with Crippen LogP contribution in [-0.2, 0) is 0 Å². The van der Waals surface area contributed by atoms with Crippen molar-refractivity contribution in [2.75, 3.05) is 5.32 Å². The van der Waals surface area contributed by atoms with Gasteiger partial charge in [-0.1, -0.05) is 30.3 Å². The molecule has 2 aromatic heterocycles. The Morgan fingerprint density at radius 3 is 2.46 bits per heavy atom. The van der Waals surface area contributed by atoms with Crippen LogP contribution < -0.4 is 5.32 Å². The maximum Gasteiger partial charge on any atom is 0.335 e. The zero-order valence-electron chi connectivity index (χ0n) is 14.0. The Hall–Kier alpha value is -3.67. The highest BCUT2D eigenvalue weighted by atomic mass is 16.4. The predicted molar refractivity (Wildman–Crippen MR) is 101 cm³/mol. The van der Waals surface area contributed by atoms with Crippen LogP contribution in [0.15, 0.2) is 60.7 Å². The normalized spacial score (nSPS) is 10.8. The maximum absolute atomic E-state index is 11.0. The van der Waals surface area contributed by atoms with Crippen molar-refractivity contribution in [3.8, 4) is 11.4 Å². The number of aromatic carboxylic acids is 1. The molecule has 6 heteroatoms. The number of hydrogen-bond acceptors (Lipinski definition) is 4. The van der Waals surface area contributed by atoms with E-state index in [1.165, 1.54) is 0 Å². The van der Waals surface area contributed by atoms with E-state index in [-0.39, 0.29) is 5.56 Å². The fourth-order valence-corrected chi connectivity index (χ4v) is 2.79. The average molecular weight is 344 g/mol. The summed E-state index contributed by atoms with van der Waals surface area (Å²) in [5.41, 5.74) is 3.66. The number of hydrogen-bond donors (Lipinski definition) is 3. The minimum Gasteiger partial charge on any atom is -0.478 e. The van der Waals surface area contributed by atoms with Gasteiger partial charge in [-0.3, -0.25) is 0 Å². The molecule has 0 aliphatic rings. The highest BCUT2D eigenvalue weighted by Crippen LogP contribution is 2.28. The van der Waals surface area contributed by atoms with Crippen molar-refractivity contribution in [3.05, 3.63) is 71.9 Å². The molecule has 26 heavy (non-hydrogen) atoms. The summed E-state index contributed by atoms with van der Waals surface area (Å²) in [6.07, 6.45) is 0. The molecular formula is C20H16N4O2. The second-order valence-corrected chi connectivity index (χ2v) is 5.98. The van der Waals surface area contributed by atoms with E-state index in [2.05, 4.69) is 20.3 Å². The molecule has 128 valence electrons. The molecule has 0 amide bonds. The van der Waals surface area contributed by atoms with Crippen LogP contribution in [0, 0.1) is 6.92 Å². The number of benzene rings is 2. The molecular weight excluding hydrogens is 328 g/mol. The minimum absolute atomic E-state index is 0.242. The number of nitrogens with one attached hydrogen (secondary N) is 2. The quantitative estimate of drug-likeness (QED) is 0.511. The first-order chi connectivity index (χ1) is 12.6. The summed E-state index contributed by atoms with van der Waals surface area (Å²) in [4.78, 5) is 23.6. The van der Waals surface area contributed by atoms with Crippen LogP contribution in [0.3, 0.4) is 0 Å². The van der Waals surface area contributed by atoms with E-state index >= 15 is 0 Å². The van der Waals surface area contributed by atoms with Gasteiger partial charge in [-0.05, 0) is 37.3 Å². The second kappa shape index (κ2) is 6.33. The van der Waals surface area contributed by atoms with Crippen LogP contribution in [0.1, 0.15) is 16.1 Å². The van der Waals surface area contributed by atoms with Gasteiger partial charge in [-0.2, -0.15) is 0 Å². The number of H-pyrrole nitrogens is 1. The fourth-order valence-electron chi connectivity index (χ4n) is 2.79. The zero-order chi connectivity index (χ0) is 18.1. The third-order valence-electron chi connectivity index (χ3n) is 4.05. The Bertz CT molecular complexity index is 1090. The molecule has 0 atom stereocenters. The highest BCUT2D eigenvalue weighted by molar-refractivity contribution is 5.92. The third kappa shape index (κ3) is 3.00. The van der Waals surface area contributed by atoms with Crippen LogP contribution in [0.5, 0.6) is 0 Å². The van der Waals surface area contributed by atoms with Crippen molar-refractivity contribution in [1.82, 2.24) is 15.0 Å². The van der Waals surface area contributed by atoms with E-state index in [0.717, 1.165) is 28.0 Å². The lowest BCUT2D eigenvalue weighted by atomic mass is 10.2. The summed E-state index contributed by atoms with van der Waals surface area (Å²) in [5.74, 6) is 0.333. The van der Waals surface area contributed by atoms with Crippen molar-refractivity contribution < 1.29 is 9.90 Å². The molecule has 0 aliphatic heterocycles. The lowest BCUT2D eigenvalue weighted by Gasteiger charge is -2.09. The first-order valence-corrected chi connectivity index (χ1v) is 8.13. The summed E-state index contributed by atoms with van der Waals surface area (Å²) in [6.45, 7) is 1.97. The lowest BCUT2D eigenvalue weighted by Crippen LogP contribution is -2.00. The number of aromatic amines is 1. The molecule has 4 aromatic rings. The number of carbonyl (C=O) groups is 1. The Kier molecular flexibility index (Phi) is 3.85. The summed E-state index contributed by atoms with van der Waals surface area (Å²) in [7, 11) is 0. The molecule has 0 saturated carbocycles. The van der Waals surface area contributed by atoms with Gasteiger partial charge in [-0.25, -0.2) is 14.8 Å². The van der Waals surface area contributed by atoms with Crippen molar-refractivity contribution in [1.29, 1.82) is 0 Å². The van der Waals surface area contributed by atoms with Crippen molar-refractivity contribution in [2.45, 2.75) is 6.92 Å². The molecule has 0 saturated heterocycles. The van der Waals surface area contributed by atoms with Crippen molar-refractivity contribution in [3.63, 3.8) is 0 Å². The highest BCUT2D eigenvalue weighted by Gasteiger charge is 2.12. The van der Waals surface area contributed by atoms with Crippen molar-refractivity contribution in [2.24, 2.45) is 0 Å². The van der Waals surface area contributed by atoms with Gasteiger partial charge in [0.05, 0.1) is 10.9 Å². The predicted octanol–water partition coefficient (Wildman–Crippen LogP) is 4.38. The van der Waals surface area contributed by atoms with Gasteiger partial charge in [0.2, 0.25) is 0 Å². The Morgan fingerprint density at radius 1 is 1.04 bits per heavy atom. The monoisotopic (exact) mass is 344 g/mol. The van der Waals surface area contributed by atoms with Crippen LogP contribution in [0.25, 0.3) is 22.4 Å². The van der Waals surface area contributed by atoms with E-state index in [4.69, 9.17) is 5.11 Å². The summed E-state index contributed by atoms with van der Waals surface area (Å²) in [5, 5.41) is 13.2. The molecule has 2 aromatic carbocycles. The zero-order valence-corrected chi connectivity index (χ0v) is 14.0. The molecule has 0 unspecified atom stereocenters. The largest absolute Gasteiger partial charge is 0.478 e. The lowest BCUT2D eigenvalue weighted by molar-refractivity contribution is 0.0697. The van der Waals surface area contributed by atoms with Gasteiger partial charge >= 0.3 is 5.97 Å². The standard InChI is InChI=1S/C20H16N4O2/c1-12-11-16-18(21-12)23-17(13-5-3-2-4-6-13)24-19(16)22-15-9-7-14(8-10-15)20(25)26/h2-11H,1H3,(H,25,26)(H2,21,22,23,24). The molecule has 4 rings (SSSR count). The van der Waals surface area contributed by atoms with Gasteiger partial charge in [-0.15, -0.1) is 0 Å². The topological polar surface area (TPSA) is 90.9 Å². The number of carboxylic acid groups (broad SMARTS) is 1. The molecule has 0 spiro atoms. The smallest absolute Gasteiger partial charge is 0.335 e. The number of carboxylic acids is 1.